The molecule has 1 aliphatic rings. The number of nitrogens with zero attached hydrogens (tertiary/aromatic N) is 4. The van der Waals surface area contributed by atoms with Gasteiger partial charge in [0.15, 0.2) is 0 Å². The van der Waals surface area contributed by atoms with E-state index in [4.69, 9.17) is 23.2 Å². The number of carbonyl (C=O) groups is 1. The maximum Gasteiger partial charge on any atom is 0.267 e. The Hall–Kier alpha value is -2.35. The number of aromatic nitrogens is 2. The van der Waals surface area contributed by atoms with Crippen molar-refractivity contribution >= 4 is 46.1 Å². The van der Waals surface area contributed by atoms with Crippen molar-refractivity contribution in [3.8, 4) is 10.6 Å². The molecule has 29 heavy (non-hydrogen) atoms. The first-order valence-electron chi connectivity index (χ1n) is 9.11. The highest BCUT2D eigenvalue weighted by Crippen LogP contribution is 2.27. The fourth-order valence-electron chi connectivity index (χ4n) is 3.24. The van der Waals surface area contributed by atoms with E-state index in [0.717, 1.165) is 10.6 Å². The third kappa shape index (κ3) is 4.47. The van der Waals surface area contributed by atoms with Gasteiger partial charge in [-0.3, -0.25) is 9.59 Å². The van der Waals surface area contributed by atoms with Crippen LogP contribution >= 0.6 is 34.5 Å². The number of piperazine rings is 1. The summed E-state index contributed by atoms with van der Waals surface area (Å²) in [4.78, 5) is 29.8. The second-order valence-corrected chi connectivity index (χ2v) is 8.42. The van der Waals surface area contributed by atoms with Gasteiger partial charge in [0.05, 0.1) is 14.9 Å². The summed E-state index contributed by atoms with van der Waals surface area (Å²) in [6.07, 6.45) is 0. The Morgan fingerprint density at radius 2 is 1.83 bits per heavy atom. The molecule has 1 aliphatic heterocycles. The number of thiophene rings is 1. The summed E-state index contributed by atoms with van der Waals surface area (Å²) >= 11 is 13.6. The SMILES string of the molecule is O=C(Cn1nc(-c2cccs2)ccc1=O)N1CCN(c2ccc(Cl)c(Cl)c2)CC1. The van der Waals surface area contributed by atoms with Gasteiger partial charge in [-0.25, -0.2) is 4.68 Å². The van der Waals surface area contributed by atoms with Crippen molar-refractivity contribution in [3.05, 3.63) is 68.2 Å². The lowest BCUT2D eigenvalue weighted by atomic mass is 10.2. The van der Waals surface area contributed by atoms with Crippen LogP contribution in [-0.4, -0.2) is 46.8 Å². The van der Waals surface area contributed by atoms with Gasteiger partial charge >= 0.3 is 0 Å². The fourth-order valence-corrected chi connectivity index (χ4v) is 4.22. The van der Waals surface area contributed by atoms with Gasteiger partial charge in [-0.05, 0) is 35.7 Å². The Bertz CT molecular complexity index is 1080. The quantitative estimate of drug-likeness (QED) is 0.611. The molecule has 0 unspecified atom stereocenters. The predicted octanol–water partition coefficient (Wildman–Crippen LogP) is 3.63. The van der Waals surface area contributed by atoms with Gasteiger partial charge < -0.3 is 9.80 Å². The molecular formula is C20H18Cl2N4O2S. The maximum absolute atomic E-state index is 12.7. The van der Waals surface area contributed by atoms with Crippen molar-refractivity contribution < 1.29 is 4.79 Å². The number of amides is 1. The summed E-state index contributed by atoms with van der Waals surface area (Å²) in [5.74, 6) is -0.114. The van der Waals surface area contributed by atoms with Gasteiger partial charge in [0, 0.05) is 37.9 Å². The van der Waals surface area contributed by atoms with E-state index in [1.165, 1.54) is 10.7 Å². The van der Waals surface area contributed by atoms with Crippen LogP contribution in [-0.2, 0) is 11.3 Å². The largest absolute Gasteiger partial charge is 0.368 e. The van der Waals surface area contributed by atoms with E-state index in [9.17, 15) is 9.59 Å². The highest BCUT2D eigenvalue weighted by atomic mass is 35.5. The van der Waals surface area contributed by atoms with Crippen molar-refractivity contribution in [1.29, 1.82) is 0 Å². The molecule has 6 nitrogen and oxygen atoms in total. The molecule has 1 saturated heterocycles. The van der Waals surface area contributed by atoms with E-state index in [1.807, 2.05) is 29.6 Å². The first-order chi connectivity index (χ1) is 14.0. The molecule has 9 heteroatoms. The van der Waals surface area contributed by atoms with Crippen LogP contribution in [0.2, 0.25) is 10.0 Å². The summed E-state index contributed by atoms with van der Waals surface area (Å²) in [6.45, 7) is 2.43. The average Bonchev–Trinajstić information content (AvgIpc) is 3.27. The highest BCUT2D eigenvalue weighted by Gasteiger charge is 2.22. The molecule has 3 heterocycles. The van der Waals surface area contributed by atoms with Crippen molar-refractivity contribution in [1.82, 2.24) is 14.7 Å². The van der Waals surface area contributed by atoms with Crippen LogP contribution < -0.4 is 10.5 Å². The second kappa shape index (κ2) is 8.57. The van der Waals surface area contributed by atoms with E-state index in [0.29, 0.717) is 41.9 Å². The number of rotatable bonds is 4. The lowest BCUT2D eigenvalue weighted by Crippen LogP contribution is -2.50. The van der Waals surface area contributed by atoms with Crippen LogP contribution in [0.1, 0.15) is 0 Å². The molecule has 3 aromatic rings. The molecule has 0 N–H and O–H groups in total. The van der Waals surface area contributed by atoms with Gasteiger partial charge in [-0.1, -0.05) is 29.3 Å². The lowest BCUT2D eigenvalue weighted by molar-refractivity contribution is -0.132. The first kappa shape index (κ1) is 19.9. The molecule has 0 saturated carbocycles. The Morgan fingerprint density at radius 3 is 2.52 bits per heavy atom. The standard InChI is InChI=1S/C20H18Cl2N4O2S/c21-15-4-3-14(12-16(15)22)24-7-9-25(10-8-24)20(28)13-26-19(27)6-5-17(23-26)18-2-1-11-29-18/h1-6,11-12H,7-10,13H2. The van der Waals surface area contributed by atoms with Crippen LogP contribution in [0, 0.1) is 0 Å². The van der Waals surface area contributed by atoms with Crippen molar-refractivity contribution in [3.63, 3.8) is 0 Å². The fraction of sp³-hybridized carbons (Fsp3) is 0.250. The minimum Gasteiger partial charge on any atom is -0.368 e. The molecule has 1 fully saturated rings. The molecule has 0 radical (unpaired) electrons. The Balaban J connectivity index is 1.41. The minimum absolute atomic E-state index is 0.0647. The smallest absolute Gasteiger partial charge is 0.267 e. The Labute approximate surface area is 181 Å². The molecular weight excluding hydrogens is 431 g/mol. The summed E-state index contributed by atoms with van der Waals surface area (Å²) in [6, 6.07) is 12.5. The molecule has 0 atom stereocenters. The topological polar surface area (TPSA) is 58.4 Å². The Kier molecular flexibility index (Phi) is 5.89. The van der Waals surface area contributed by atoms with Crippen LogP contribution in [0.4, 0.5) is 5.69 Å². The zero-order chi connectivity index (χ0) is 20.4. The van der Waals surface area contributed by atoms with Gasteiger partial charge in [0.1, 0.15) is 12.2 Å². The first-order valence-corrected chi connectivity index (χ1v) is 10.7. The van der Waals surface area contributed by atoms with E-state index in [-0.39, 0.29) is 18.0 Å². The van der Waals surface area contributed by atoms with Gasteiger partial charge in [-0.2, -0.15) is 5.10 Å². The minimum atomic E-state index is -0.284. The molecule has 1 amide bonds. The third-order valence-corrected chi connectivity index (χ3v) is 6.46. The number of halogens is 2. The average molecular weight is 449 g/mol. The molecule has 1 aromatic carbocycles. The highest BCUT2D eigenvalue weighted by molar-refractivity contribution is 7.13. The normalized spacial score (nSPS) is 14.3. The van der Waals surface area contributed by atoms with E-state index >= 15 is 0 Å². The van der Waals surface area contributed by atoms with Crippen molar-refractivity contribution in [2.24, 2.45) is 0 Å². The summed E-state index contributed by atoms with van der Waals surface area (Å²) < 4.78 is 1.24. The zero-order valence-electron chi connectivity index (χ0n) is 15.4. The van der Waals surface area contributed by atoms with Crippen molar-refractivity contribution in [2.45, 2.75) is 6.54 Å². The summed E-state index contributed by atoms with van der Waals surface area (Å²) in [5, 5.41) is 7.34. The predicted molar refractivity (Wildman–Crippen MR) is 117 cm³/mol. The number of anilines is 1. The van der Waals surface area contributed by atoms with Crippen LogP contribution in [0.5, 0.6) is 0 Å². The monoisotopic (exact) mass is 448 g/mol. The van der Waals surface area contributed by atoms with E-state index in [2.05, 4.69) is 10.00 Å². The molecule has 150 valence electrons. The van der Waals surface area contributed by atoms with E-state index < -0.39 is 0 Å². The van der Waals surface area contributed by atoms with Crippen LogP contribution in [0.15, 0.2) is 52.6 Å². The number of hydrogen-bond acceptors (Lipinski definition) is 5. The number of hydrogen-bond donors (Lipinski definition) is 0. The van der Waals surface area contributed by atoms with Gasteiger partial charge in [0.25, 0.3) is 5.56 Å². The molecule has 2 aromatic heterocycles. The van der Waals surface area contributed by atoms with Crippen LogP contribution in [0.3, 0.4) is 0 Å². The van der Waals surface area contributed by atoms with Crippen LogP contribution in [0.25, 0.3) is 10.6 Å². The van der Waals surface area contributed by atoms with Crippen molar-refractivity contribution in [2.75, 3.05) is 31.1 Å². The van der Waals surface area contributed by atoms with E-state index in [1.54, 1.807) is 28.4 Å². The zero-order valence-corrected chi connectivity index (χ0v) is 17.8. The lowest BCUT2D eigenvalue weighted by Gasteiger charge is -2.36. The molecule has 0 spiro atoms. The second-order valence-electron chi connectivity index (χ2n) is 6.66. The molecule has 0 bridgehead atoms. The third-order valence-electron chi connectivity index (χ3n) is 4.83. The molecule has 0 aliphatic carbocycles. The van der Waals surface area contributed by atoms with Gasteiger partial charge in [-0.15, -0.1) is 11.3 Å². The number of benzene rings is 1. The van der Waals surface area contributed by atoms with Gasteiger partial charge in [0.2, 0.25) is 5.91 Å². The summed E-state index contributed by atoms with van der Waals surface area (Å²) in [7, 11) is 0. The summed E-state index contributed by atoms with van der Waals surface area (Å²) in [5.41, 5.74) is 1.39. The maximum atomic E-state index is 12.7. The molecule has 4 rings (SSSR count). The Morgan fingerprint density at radius 1 is 1.03 bits per heavy atom. The number of carbonyl (C=O) groups excluding carboxylic acids is 1.